The Morgan fingerprint density at radius 2 is 2.12 bits per heavy atom. The lowest BCUT2D eigenvalue weighted by Crippen LogP contribution is -2.45. The van der Waals surface area contributed by atoms with Crippen LogP contribution >= 0.6 is 0 Å². The Kier molecular flexibility index (Phi) is 5.02. The molecule has 0 aromatic heterocycles. The van der Waals surface area contributed by atoms with E-state index in [0.717, 1.165) is 0 Å². The Bertz CT molecular complexity index is 728. The summed E-state index contributed by atoms with van der Waals surface area (Å²) in [6.07, 6.45) is 0. The summed E-state index contributed by atoms with van der Waals surface area (Å²) < 4.78 is 10.2. The summed E-state index contributed by atoms with van der Waals surface area (Å²) >= 11 is 0. The van der Waals surface area contributed by atoms with Gasteiger partial charge in [0.2, 0.25) is 0 Å². The number of hydrogen-bond acceptors (Lipinski definition) is 6. The lowest BCUT2D eigenvalue weighted by atomic mass is 9.94. The number of non-ortho nitro benzene ring substituents is 1. The molecule has 2 amide bonds. The van der Waals surface area contributed by atoms with Gasteiger partial charge >= 0.3 is 12.0 Å². The third-order valence-electron chi connectivity index (χ3n) is 3.49. The first kappa shape index (κ1) is 17.3. The number of hydrogen-bond donors (Lipinski definition) is 2. The minimum atomic E-state index is -0.923. The molecule has 0 spiro atoms. The second-order valence-electron chi connectivity index (χ2n) is 4.97. The van der Waals surface area contributed by atoms with Crippen molar-refractivity contribution in [3.63, 3.8) is 0 Å². The number of esters is 1. The monoisotopic (exact) mass is 335 g/mol. The van der Waals surface area contributed by atoms with Crippen molar-refractivity contribution in [3.8, 4) is 5.75 Å². The minimum Gasteiger partial charge on any atom is -0.493 e. The topological polar surface area (TPSA) is 120 Å². The van der Waals surface area contributed by atoms with Crippen LogP contribution in [0.2, 0.25) is 0 Å². The number of benzene rings is 1. The predicted octanol–water partition coefficient (Wildman–Crippen LogP) is 1.79. The maximum atomic E-state index is 12.1. The molecule has 0 saturated heterocycles. The van der Waals surface area contributed by atoms with Gasteiger partial charge in [-0.3, -0.25) is 10.1 Å². The van der Waals surface area contributed by atoms with Crippen molar-refractivity contribution >= 4 is 17.7 Å². The number of nitrogens with zero attached hydrogens (tertiary/aromatic N) is 1. The number of allylic oxidation sites excluding steroid dienone is 1. The van der Waals surface area contributed by atoms with Crippen LogP contribution in [-0.2, 0) is 9.53 Å². The van der Waals surface area contributed by atoms with Crippen LogP contribution in [0.1, 0.15) is 25.5 Å². The van der Waals surface area contributed by atoms with Gasteiger partial charge in [-0.15, -0.1) is 0 Å². The van der Waals surface area contributed by atoms with E-state index < -0.39 is 23.0 Å². The molecule has 24 heavy (non-hydrogen) atoms. The fraction of sp³-hybridized carbons (Fsp3) is 0.333. The van der Waals surface area contributed by atoms with Gasteiger partial charge in [0.25, 0.3) is 5.69 Å². The van der Waals surface area contributed by atoms with Crippen molar-refractivity contribution in [2.24, 2.45) is 0 Å². The van der Waals surface area contributed by atoms with Gasteiger partial charge in [-0.05, 0) is 19.9 Å². The maximum Gasteiger partial charge on any atom is 0.337 e. The summed E-state index contributed by atoms with van der Waals surface area (Å²) in [5.74, 6) is -0.316. The summed E-state index contributed by atoms with van der Waals surface area (Å²) in [6, 6.07) is 2.56. The number of amides is 2. The average molecular weight is 335 g/mol. The molecular weight excluding hydrogens is 318 g/mol. The van der Waals surface area contributed by atoms with E-state index in [4.69, 9.17) is 9.47 Å². The molecule has 1 unspecified atom stereocenters. The Morgan fingerprint density at radius 1 is 1.42 bits per heavy atom. The predicted molar refractivity (Wildman–Crippen MR) is 83.4 cm³/mol. The molecule has 1 aliphatic heterocycles. The van der Waals surface area contributed by atoms with Crippen molar-refractivity contribution in [1.29, 1.82) is 0 Å². The second kappa shape index (κ2) is 6.99. The van der Waals surface area contributed by atoms with E-state index in [9.17, 15) is 19.7 Å². The highest BCUT2D eigenvalue weighted by Gasteiger charge is 2.34. The second-order valence-corrected chi connectivity index (χ2v) is 4.97. The first-order valence-electron chi connectivity index (χ1n) is 7.16. The normalized spacial score (nSPS) is 17.0. The number of nitro benzene ring substituents is 1. The van der Waals surface area contributed by atoms with Gasteiger partial charge < -0.3 is 20.1 Å². The Hall–Kier alpha value is -3.10. The number of rotatable bonds is 5. The fourth-order valence-corrected chi connectivity index (χ4v) is 2.47. The molecule has 2 N–H and O–H groups in total. The Morgan fingerprint density at radius 3 is 2.71 bits per heavy atom. The fourth-order valence-electron chi connectivity index (χ4n) is 2.47. The van der Waals surface area contributed by atoms with Gasteiger partial charge in [0.15, 0.2) is 0 Å². The first-order valence-corrected chi connectivity index (χ1v) is 7.16. The van der Waals surface area contributed by atoms with E-state index in [2.05, 4.69) is 10.6 Å². The molecule has 9 heteroatoms. The smallest absolute Gasteiger partial charge is 0.337 e. The SMILES string of the molecule is CCOc1ccc([N+](=O)[O-])cc1C1NC(=O)NC(C)=C1C(=O)OC. The number of carbonyl (C=O) groups is 2. The molecule has 128 valence electrons. The van der Waals surface area contributed by atoms with Crippen LogP contribution in [-0.4, -0.2) is 30.6 Å². The number of methoxy groups -OCH3 is 1. The molecule has 0 aliphatic carbocycles. The zero-order valence-corrected chi connectivity index (χ0v) is 13.4. The summed E-state index contributed by atoms with van der Waals surface area (Å²) in [7, 11) is 1.22. The van der Waals surface area contributed by atoms with E-state index in [1.807, 2.05) is 0 Å². The van der Waals surface area contributed by atoms with Crippen LogP contribution in [0.25, 0.3) is 0 Å². The van der Waals surface area contributed by atoms with Crippen LogP contribution in [0.15, 0.2) is 29.5 Å². The molecule has 1 aliphatic rings. The molecule has 1 atom stereocenters. The number of carbonyl (C=O) groups excluding carboxylic acids is 2. The molecular formula is C15H17N3O6. The van der Waals surface area contributed by atoms with Gasteiger partial charge in [-0.2, -0.15) is 0 Å². The number of nitro groups is 1. The van der Waals surface area contributed by atoms with Crippen LogP contribution < -0.4 is 15.4 Å². The zero-order valence-electron chi connectivity index (χ0n) is 13.4. The van der Waals surface area contributed by atoms with Crippen LogP contribution in [0, 0.1) is 10.1 Å². The molecule has 1 aromatic carbocycles. The summed E-state index contributed by atoms with van der Waals surface area (Å²) in [6.45, 7) is 3.63. The van der Waals surface area contributed by atoms with E-state index in [1.54, 1.807) is 13.8 Å². The van der Waals surface area contributed by atoms with Crippen molar-refractivity contribution in [3.05, 3.63) is 45.1 Å². The lowest BCUT2D eigenvalue weighted by Gasteiger charge is -2.28. The minimum absolute atomic E-state index is 0.151. The van der Waals surface area contributed by atoms with Gasteiger partial charge in [-0.1, -0.05) is 0 Å². The van der Waals surface area contributed by atoms with E-state index in [1.165, 1.54) is 25.3 Å². The molecule has 1 aromatic rings. The van der Waals surface area contributed by atoms with Gasteiger partial charge in [-0.25, -0.2) is 9.59 Å². The largest absolute Gasteiger partial charge is 0.493 e. The summed E-state index contributed by atoms with van der Waals surface area (Å²) in [5, 5.41) is 16.1. The third-order valence-corrected chi connectivity index (χ3v) is 3.49. The highest BCUT2D eigenvalue weighted by atomic mass is 16.6. The number of nitrogens with one attached hydrogen (secondary N) is 2. The average Bonchev–Trinajstić information content (AvgIpc) is 2.54. The van der Waals surface area contributed by atoms with Crippen molar-refractivity contribution in [2.75, 3.05) is 13.7 Å². The summed E-state index contributed by atoms with van der Waals surface area (Å²) in [5.41, 5.74) is 0.590. The van der Waals surface area contributed by atoms with E-state index in [0.29, 0.717) is 23.6 Å². The molecule has 0 radical (unpaired) electrons. The molecule has 0 fully saturated rings. The van der Waals surface area contributed by atoms with Gasteiger partial charge in [0.05, 0.1) is 30.3 Å². The number of ether oxygens (including phenoxy) is 2. The number of urea groups is 1. The third kappa shape index (κ3) is 3.29. The lowest BCUT2D eigenvalue weighted by molar-refractivity contribution is -0.385. The molecule has 0 saturated carbocycles. The Labute approximate surface area is 137 Å². The molecule has 9 nitrogen and oxygen atoms in total. The van der Waals surface area contributed by atoms with E-state index >= 15 is 0 Å². The maximum absolute atomic E-state index is 12.1. The standard InChI is InChI=1S/C15H17N3O6/c1-4-24-11-6-5-9(18(21)22)7-10(11)13-12(14(19)23-3)8(2)16-15(20)17-13/h5-7,13H,4H2,1-3H3,(H2,16,17,20). The zero-order chi connectivity index (χ0) is 17.9. The van der Waals surface area contributed by atoms with Crippen LogP contribution in [0.5, 0.6) is 5.75 Å². The highest BCUT2D eigenvalue weighted by molar-refractivity contribution is 5.95. The van der Waals surface area contributed by atoms with Crippen molar-refractivity contribution in [2.45, 2.75) is 19.9 Å². The van der Waals surface area contributed by atoms with Crippen LogP contribution in [0.4, 0.5) is 10.5 Å². The molecule has 0 bridgehead atoms. The molecule has 2 rings (SSSR count). The summed E-state index contributed by atoms with van der Waals surface area (Å²) in [4.78, 5) is 34.4. The Balaban J connectivity index is 2.63. The van der Waals surface area contributed by atoms with Crippen LogP contribution in [0.3, 0.4) is 0 Å². The first-order chi connectivity index (χ1) is 11.4. The highest BCUT2D eigenvalue weighted by Crippen LogP contribution is 2.35. The quantitative estimate of drug-likeness (QED) is 0.481. The van der Waals surface area contributed by atoms with Crippen molar-refractivity contribution in [1.82, 2.24) is 10.6 Å². The van der Waals surface area contributed by atoms with Crippen molar-refractivity contribution < 1.29 is 24.0 Å². The van der Waals surface area contributed by atoms with Gasteiger partial charge in [0, 0.05) is 23.4 Å². The molecule has 1 heterocycles. The van der Waals surface area contributed by atoms with Gasteiger partial charge in [0.1, 0.15) is 5.75 Å². The van der Waals surface area contributed by atoms with E-state index in [-0.39, 0.29) is 11.3 Å².